The number of anilines is 1. The maximum absolute atomic E-state index is 12.6. The van der Waals surface area contributed by atoms with Crippen molar-refractivity contribution in [3.63, 3.8) is 0 Å². The van der Waals surface area contributed by atoms with Gasteiger partial charge in [-0.2, -0.15) is 0 Å². The van der Waals surface area contributed by atoms with Crippen LogP contribution < -0.4 is 5.32 Å². The summed E-state index contributed by atoms with van der Waals surface area (Å²) in [7, 11) is 0. The molecule has 1 aliphatic rings. The number of aromatic carboxylic acids is 1. The van der Waals surface area contributed by atoms with Crippen LogP contribution in [0, 0.1) is 5.92 Å². The predicted octanol–water partition coefficient (Wildman–Crippen LogP) is 3.57. The third kappa shape index (κ3) is 5.18. The first-order valence-electron chi connectivity index (χ1n) is 9.08. The molecular weight excluding hydrogens is 380 g/mol. The van der Waals surface area contributed by atoms with Crippen molar-refractivity contribution in [2.45, 2.75) is 12.8 Å². The zero-order valence-corrected chi connectivity index (χ0v) is 16.0. The Bertz CT molecular complexity index is 857. The van der Waals surface area contributed by atoms with Crippen LogP contribution in [0.15, 0.2) is 48.5 Å². The molecule has 0 spiro atoms. The number of hydrogen-bond acceptors (Lipinski definition) is 4. The number of piperidine rings is 1. The lowest BCUT2D eigenvalue weighted by Gasteiger charge is -2.30. The maximum atomic E-state index is 12.6. The van der Waals surface area contributed by atoms with E-state index in [1.165, 1.54) is 12.1 Å². The first-order chi connectivity index (χ1) is 13.4. The van der Waals surface area contributed by atoms with E-state index < -0.39 is 5.97 Å². The Hall–Kier alpha value is -2.70. The highest BCUT2D eigenvalue weighted by Gasteiger charge is 2.26. The molecule has 0 aromatic heterocycles. The molecule has 28 heavy (non-hydrogen) atoms. The number of carbonyl (C=O) groups excluding carboxylic acids is 2. The molecule has 1 amide bonds. The van der Waals surface area contributed by atoms with Crippen molar-refractivity contribution in [2.75, 3.05) is 25.0 Å². The number of Topliss-reactive ketones (excluding diaryl/α,β-unsaturated/α-hetero) is 1. The number of carboxylic acids is 1. The number of halogens is 1. The van der Waals surface area contributed by atoms with E-state index >= 15 is 0 Å². The summed E-state index contributed by atoms with van der Waals surface area (Å²) in [6.07, 6.45) is 1.42. The van der Waals surface area contributed by atoms with E-state index in [9.17, 15) is 14.4 Å². The number of carboxylic acid groups (broad SMARTS) is 1. The number of likely N-dealkylation sites (tertiary alicyclic amines) is 1. The van der Waals surface area contributed by atoms with E-state index in [1.807, 2.05) is 4.90 Å². The minimum absolute atomic E-state index is 0.0379. The highest BCUT2D eigenvalue weighted by Crippen LogP contribution is 2.22. The Kier molecular flexibility index (Phi) is 6.44. The number of amides is 1. The molecule has 0 unspecified atom stereocenters. The fraction of sp³-hybridized carbons (Fsp3) is 0.286. The number of nitrogens with one attached hydrogen (secondary N) is 1. The van der Waals surface area contributed by atoms with Crippen LogP contribution in [0.1, 0.15) is 33.6 Å². The molecule has 0 radical (unpaired) electrons. The van der Waals surface area contributed by atoms with Gasteiger partial charge in [0.15, 0.2) is 5.78 Å². The van der Waals surface area contributed by atoms with Crippen LogP contribution >= 0.6 is 11.6 Å². The molecule has 1 aliphatic heterocycles. The third-order valence-electron chi connectivity index (χ3n) is 4.87. The summed E-state index contributed by atoms with van der Waals surface area (Å²) in [5, 5.41) is 12.3. The fourth-order valence-corrected chi connectivity index (χ4v) is 3.43. The number of nitrogens with zero attached hydrogens (tertiary/aromatic N) is 1. The van der Waals surface area contributed by atoms with Crippen molar-refractivity contribution in [3.8, 4) is 0 Å². The quantitative estimate of drug-likeness (QED) is 0.724. The number of ketones is 1. The minimum Gasteiger partial charge on any atom is -0.478 e. The van der Waals surface area contributed by atoms with Crippen LogP contribution in [-0.2, 0) is 4.79 Å². The summed E-state index contributed by atoms with van der Waals surface area (Å²) in [6.45, 7) is 1.59. The van der Waals surface area contributed by atoms with Crippen LogP contribution in [0.5, 0.6) is 0 Å². The van der Waals surface area contributed by atoms with Crippen LogP contribution in [0.25, 0.3) is 0 Å². The second kappa shape index (κ2) is 8.99. The van der Waals surface area contributed by atoms with Crippen molar-refractivity contribution in [2.24, 2.45) is 5.92 Å². The zero-order valence-electron chi connectivity index (χ0n) is 15.2. The molecule has 2 N–H and O–H groups in total. The molecule has 3 rings (SSSR count). The summed E-state index contributed by atoms with van der Waals surface area (Å²) in [4.78, 5) is 37.7. The average Bonchev–Trinajstić information content (AvgIpc) is 2.69. The molecule has 1 heterocycles. The van der Waals surface area contributed by atoms with Gasteiger partial charge >= 0.3 is 5.97 Å². The fourth-order valence-electron chi connectivity index (χ4n) is 3.30. The van der Waals surface area contributed by atoms with E-state index in [1.54, 1.807) is 36.4 Å². The van der Waals surface area contributed by atoms with Crippen LogP contribution in [0.3, 0.4) is 0 Å². The summed E-state index contributed by atoms with van der Waals surface area (Å²) < 4.78 is 0. The predicted molar refractivity (Wildman–Crippen MR) is 107 cm³/mol. The molecule has 146 valence electrons. The molecule has 0 aliphatic carbocycles. The second-order valence-corrected chi connectivity index (χ2v) is 7.29. The van der Waals surface area contributed by atoms with Gasteiger partial charge in [0.1, 0.15) is 0 Å². The monoisotopic (exact) mass is 400 g/mol. The van der Waals surface area contributed by atoms with Gasteiger partial charge in [-0.15, -0.1) is 0 Å². The Balaban J connectivity index is 1.47. The largest absolute Gasteiger partial charge is 0.478 e. The topological polar surface area (TPSA) is 86.7 Å². The SMILES string of the molecule is O=C(CN1CCC(C(=O)c2ccc(Cl)cc2)CC1)Nc1ccc(C(=O)O)cc1. The van der Waals surface area contributed by atoms with Gasteiger partial charge in [0, 0.05) is 22.2 Å². The number of hydrogen-bond donors (Lipinski definition) is 2. The Morgan fingerprint density at radius 3 is 2.11 bits per heavy atom. The Morgan fingerprint density at radius 2 is 1.54 bits per heavy atom. The van der Waals surface area contributed by atoms with Crippen LogP contribution in [-0.4, -0.2) is 47.3 Å². The van der Waals surface area contributed by atoms with Crippen molar-refractivity contribution in [1.29, 1.82) is 0 Å². The molecule has 2 aromatic carbocycles. The lowest BCUT2D eigenvalue weighted by Crippen LogP contribution is -2.40. The van der Waals surface area contributed by atoms with Gasteiger partial charge in [-0.25, -0.2) is 4.79 Å². The maximum Gasteiger partial charge on any atom is 0.335 e. The highest BCUT2D eigenvalue weighted by molar-refractivity contribution is 6.30. The van der Waals surface area contributed by atoms with Gasteiger partial charge in [-0.3, -0.25) is 14.5 Å². The van der Waals surface area contributed by atoms with Gasteiger partial charge < -0.3 is 10.4 Å². The van der Waals surface area contributed by atoms with E-state index in [2.05, 4.69) is 5.32 Å². The first kappa shape index (κ1) is 20.0. The van der Waals surface area contributed by atoms with Gasteiger partial charge in [0.25, 0.3) is 0 Å². The Morgan fingerprint density at radius 1 is 0.964 bits per heavy atom. The second-order valence-electron chi connectivity index (χ2n) is 6.85. The number of benzene rings is 2. The van der Waals surface area contributed by atoms with Crippen molar-refractivity contribution >= 4 is 34.9 Å². The normalized spacial score (nSPS) is 15.2. The average molecular weight is 401 g/mol. The van der Waals surface area contributed by atoms with Crippen molar-refractivity contribution in [3.05, 3.63) is 64.7 Å². The minimum atomic E-state index is -1.01. The molecule has 0 bridgehead atoms. The molecular formula is C21H21ClN2O4. The molecule has 1 fully saturated rings. The zero-order chi connectivity index (χ0) is 20.1. The van der Waals surface area contributed by atoms with Crippen LogP contribution in [0.4, 0.5) is 5.69 Å². The van der Waals surface area contributed by atoms with Crippen molar-refractivity contribution in [1.82, 2.24) is 4.90 Å². The molecule has 0 atom stereocenters. The van der Waals surface area contributed by atoms with Gasteiger partial charge in [0.2, 0.25) is 5.91 Å². The first-order valence-corrected chi connectivity index (χ1v) is 9.45. The molecule has 7 heteroatoms. The Labute approximate surface area is 168 Å². The lowest BCUT2D eigenvalue weighted by molar-refractivity contribution is -0.117. The molecule has 6 nitrogen and oxygen atoms in total. The summed E-state index contributed by atoms with van der Waals surface area (Å²) >= 11 is 5.87. The van der Waals surface area contributed by atoms with Crippen LogP contribution in [0.2, 0.25) is 5.02 Å². The molecule has 1 saturated heterocycles. The lowest BCUT2D eigenvalue weighted by atomic mass is 9.89. The van der Waals surface area contributed by atoms with E-state index in [4.69, 9.17) is 16.7 Å². The van der Waals surface area contributed by atoms with E-state index in [0.29, 0.717) is 42.2 Å². The van der Waals surface area contributed by atoms with E-state index in [-0.39, 0.29) is 29.7 Å². The summed E-state index contributed by atoms with van der Waals surface area (Å²) in [5.74, 6) is -1.08. The third-order valence-corrected chi connectivity index (χ3v) is 5.12. The van der Waals surface area contributed by atoms with Crippen molar-refractivity contribution < 1.29 is 19.5 Å². The van der Waals surface area contributed by atoms with Gasteiger partial charge in [-0.1, -0.05) is 11.6 Å². The number of rotatable bonds is 6. The number of carbonyl (C=O) groups is 3. The standard InChI is InChI=1S/C21H21ClN2O4/c22-17-5-1-14(2-6-17)20(26)15-9-11-24(12-10-15)13-19(25)23-18-7-3-16(4-8-18)21(27)28/h1-8,15H,9-13H2,(H,23,25)(H,27,28). The summed E-state index contributed by atoms with van der Waals surface area (Å²) in [5.41, 5.74) is 1.40. The highest BCUT2D eigenvalue weighted by atomic mass is 35.5. The molecule has 0 saturated carbocycles. The molecule has 2 aromatic rings. The van der Waals surface area contributed by atoms with Gasteiger partial charge in [-0.05, 0) is 74.5 Å². The van der Waals surface area contributed by atoms with E-state index in [0.717, 1.165) is 0 Å². The van der Waals surface area contributed by atoms with Gasteiger partial charge in [0.05, 0.1) is 12.1 Å². The smallest absolute Gasteiger partial charge is 0.335 e. The summed E-state index contributed by atoms with van der Waals surface area (Å²) in [6, 6.07) is 13.0.